The van der Waals surface area contributed by atoms with Crippen LogP contribution in [0, 0.1) is 0 Å². The molecular weight excluding hydrogens is 288 g/mol. The summed E-state index contributed by atoms with van der Waals surface area (Å²) >= 11 is -2.09. The molecule has 0 N–H and O–H groups in total. The van der Waals surface area contributed by atoms with Gasteiger partial charge in [0.2, 0.25) is 0 Å². The fraction of sp³-hybridized carbons (Fsp3) is 0.200. The van der Waals surface area contributed by atoms with Gasteiger partial charge in [-0.25, -0.2) is 0 Å². The van der Waals surface area contributed by atoms with E-state index in [1.807, 2.05) is 0 Å². The van der Waals surface area contributed by atoms with Crippen molar-refractivity contribution < 1.29 is 16.6 Å². The molecular formula is C20H22Ti. The van der Waals surface area contributed by atoms with Crippen LogP contribution in [0.3, 0.4) is 0 Å². The maximum atomic E-state index is 2.60. The molecule has 0 bridgehead atoms. The first-order chi connectivity index (χ1) is 10.3. The Balaban J connectivity index is 1.88. The van der Waals surface area contributed by atoms with Gasteiger partial charge in [0.1, 0.15) is 0 Å². The van der Waals surface area contributed by atoms with Crippen LogP contribution in [0.2, 0.25) is 5.23 Å². The Morgan fingerprint density at radius 2 is 1.33 bits per heavy atom. The number of rotatable bonds is 5. The van der Waals surface area contributed by atoms with Gasteiger partial charge < -0.3 is 0 Å². The van der Waals surface area contributed by atoms with Crippen molar-refractivity contribution in [3.05, 3.63) is 93.9 Å². The number of allylic oxidation sites excluding steroid dienone is 4. The van der Waals surface area contributed by atoms with Gasteiger partial charge in [-0.15, -0.1) is 0 Å². The first-order valence-electron chi connectivity index (χ1n) is 7.70. The second kappa shape index (κ2) is 6.60. The third-order valence-electron chi connectivity index (χ3n) is 4.42. The van der Waals surface area contributed by atoms with Crippen molar-refractivity contribution in [3.8, 4) is 0 Å². The average molecular weight is 310 g/mol. The Hall–Kier alpha value is -1.37. The van der Waals surface area contributed by atoms with Gasteiger partial charge in [-0.05, 0) is 0 Å². The summed E-state index contributed by atoms with van der Waals surface area (Å²) in [4.78, 5) is 0. The summed E-state index contributed by atoms with van der Waals surface area (Å²) in [6.07, 6.45) is 8.13. The van der Waals surface area contributed by atoms with Gasteiger partial charge in [0.25, 0.3) is 0 Å². The first kappa shape index (κ1) is 14.6. The first-order valence-corrected chi connectivity index (χ1v) is 12.3. The van der Waals surface area contributed by atoms with Crippen molar-refractivity contribution in [2.75, 3.05) is 0 Å². The van der Waals surface area contributed by atoms with E-state index < -0.39 is 16.6 Å². The van der Waals surface area contributed by atoms with Gasteiger partial charge in [-0.1, -0.05) is 0 Å². The number of hydrogen-bond acceptors (Lipinski definition) is 0. The summed E-state index contributed by atoms with van der Waals surface area (Å²) in [7, 11) is 0. The van der Waals surface area contributed by atoms with Crippen LogP contribution in [0.5, 0.6) is 0 Å². The Bertz CT molecular complexity index is 597. The van der Waals surface area contributed by atoms with Crippen molar-refractivity contribution in [3.63, 3.8) is 0 Å². The third-order valence-corrected chi connectivity index (χ3v) is 11.1. The van der Waals surface area contributed by atoms with Crippen LogP contribution in [0.1, 0.15) is 17.5 Å². The fourth-order valence-electron chi connectivity index (χ4n) is 3.28. The molecule has 2 aromatic carbocycles. The van der Waals surface area contributed by atoms with Crippen LogP contribution >= 0.6 is 0 Å². The van der Waals surface area contributed by atoms with Gasteiger partial charge in [-0.2, -0.15) is 0 Å². The fourth-order valence-corrected chi connectivity index (χ4v) is 9.46. The van der Waals surface area contributed by atoms with E-state index in [-0.39, 0.29) is 0 Å². The molecule has 0 atom stereocenters. The zero-order chi connectivity index (χ0) is 14.5. The number of benzene rings is 2. The molecule has 0 saturated heterocycles. The quantitative estimate of drug-likeness (QED) is 0.646. The second-order valence-corrected chi connectivity index (χ2v) is 13.2. The summed E-state index contributed by atoms with van der Waals surface area (Å²) in [5.41, 5.74) is 3.01. The molecule has 1 aliphatic rings. The maximum absolute atomic E-state index is 2.60. The van der Waals surface area contributed by atoms with Crippen molar-refractivity contribution in [2.45, 2.75) is 21.1 Å². The molecule has 1 heteroatoms. The molecule has 0 aliphatic heterocycles. The predicted octanol–water partition coefficient (Wildman–Crippen LogP) is 5.43. The van der Waals surface area contributed by atoms with E-state index in [0.717, 1.165) is 0 Å². The topological polar surface area (TPSA) is 0 Å². The normalized spacial score (nSPS) is 14.2. The van der Waals surface area contributed by atoms with E-state index in [1.165, 1.54) is 27.0 Å². The minimum absolute atomic E-state index is 1.18. The van der Waals surface area contributed by atoms with Crippen LogP contribution in [0.25, 0.3) is 0 Å². The van der Waals surface area contributed by atoms with Gasteiger partial charge in [-0.3, -0.25) is 0 Å². The SMILES string of the molecule is [CH3][Ti]([CH2]c1ccccc1)([CH2]c1ccccc1)[C]1=CC=CC1. The molecule has 0 radical (unpaired) electrons. The van der Waals surface area contributed by atoms with Crippen molar-refractivity contribution in [1.29, 1.82) is 0 Å². The minimum atomic E-state index is -2.09. The van der Waals surface area contributed by atoms with Crippen molar-refractivity contribution in [2.24, 2.45) is 0 Å². The second-order valence-electron chi connectivity index (χ2n) is 6.21. The molecule has 106 valence electrons. The molecule has 3 rings (SSSR count). The predicted molar refractivity (Wildman–Crippen MR) is 88.0 cm³/mol. The van der Waals surface area contributed by atoms with E-state index in [1.54, 1.807) is 3.88 Å². The molecule has 0 saturated carbocycles. The summed E-state index contributed by atoms with van der Waals surface area (Å²) in [5.74, 6) is 0. The Morgan fingerprint density at radius 1 is 0.810 bits per heavy atom. The van der Waals surface area contributed by atoms with E-state index in [4.69, 9.17) is 0 Å². The standard InChI is InChI=1S/2C7H7.C5H5.CH3.Ti/c2*1-7-5-3-2-4-6-7;1-2-4-5-3-1;;/h2*2-6H,1H2;1-3H,4H2;1H3;. The molecule has 0 fully saturated rings. The summed E-state index contributed by atoms with van der Waals surface area (Å²) in [6.45, 7) is 0. The zero-order valence-corrected chi connectivity index (χ0v) is 14.2. The van der Waals surface area contributed by atoms with Gasteiger partial charge in [0.15, 0.2) is 0 Å². The summed E-state index contributed by atoms with van der Waals surface area (Å²) in [6, 6.07) is 22.1. The van der Waals surface area contributed by atoms with E-state index in [2.05, 4.69) is 84.1 Å². The number of hydrogen-bond donors (Lipinski definition) is 0. The van der Waals surface area contributed by atoms with Crippen molar-refractivity contribution >= 4 is 0 Å². The molecule has 0 aromatic heterocycles. The van der Waals surface area contributed by atoms with Crippen LogP contribution in [-0.2, 0) is 26.0 Å². The Labute approximate surface area is 131 Å². The van der Waals surface area contributed by atoms with Crippen molar-refractivity contribution in [1.82, 2.24) is 0 Å². The molecule has 0 heterocycles. The van der Waals surface area contributed by atoms with Gasteiger partial charge in [0.05, 0.1) is 0 Å². The van der Waals surface area contributed by atoms with E-state index in [9.17, 15) is 0 Å². The van der Waals surface area contributed by atoms with Crippen LogP contribution in [0.15, 0.2) is 82.8 Å². The molecule has 0 unspecified atom stereocenters. The molecule has 21 heavy (non-hydrogen) atoms. The van der Waals surface area contributed by atoms with E-state index in [0.29, 0.717) is 0 Å². The van der Waals surface area contributed by atoms with Crippen LogP contribution < -0.4 is 0 Å². The van der Waals surface area contributed by atoms with Gasteiger partial charge in [0, 0.05) is 0 Å². The monoisotopic (exact) mass is 310 g/mol. The zero-order valence-electron chi connectivity index (χ0n) is 12.6. The summed E-state index contributed by atoms with van der Waals surface area (Å²) < 4.78 is 4.30. The molecule has 1 aliphatic carbocycles. The Morgan fingerprint density at radius 3 is 1.76 bits per heavy atom. The van der Waals surface area contributed by atoms with Crippen LogP contribution in [0.4, 0.5) is 0 Å². The molecule has 0 spiro atoms. The molecule has 0 amide bonds. The van der Waals surface area contributed by atoms with E-state index >= 15 is 0 Å². The van der Waals surface area contributed by atoms with Crippen LogP contribution in [-0.4, -0.2) is 0 Å². The molecule has 2 aromatic rings. The van der Waals surface area contributed by atoms with Gasteiger partial charge >= 0.3 is 132 Å². The summed E-state index contributed by atoms with van der Waals surface area (Å²) in [5, 5.41) is 2.60. The Kier molecular flexibility index (Phi) is 4.58. The third kappa shape index (κ3) is 3.64. The average Bonchev–Trinajstić information content (AvgIpc) is 3.04. The molecule has 0 nitrogen and oxygen atoms in total.